The summed E-state index contributed by atoms with van der Waals surface area (Å²) in [6.07, 6.45) is -3.72. The van der Waals surface area contributed by atoms with E-state index in [2.05, 4.69) is 20.6 Å². The fourth-order valence-corrected chi connectivity index (χ4v) is 2.59. The van der Waals surface area contributed by atoms with Gasteiger partial charge in [0.15, 0.2) is 0 Å². The first-order valence-electron chi connectivity index (χ1n) is 7.81. The minimum Gasteiger partial charge on any atom is -0.334 e. The van der Waals surface area contributed by atoms with Crippen LogP contribution in [0.3, 0.4) is 0 Å². The molecule has 0 aliphatic carbocycles. The molecule has 2 N–H and O–H groups in total. The van der Waals surface area contributed by atoms with Gasteiger partial charge in [0.25, 0.3) is 0 Å². The van der Waals surface area contributed by atoms with Gasteiger partial charge in [0.1, 0.15) is 12.1 Å². The average Bonchev–Trinajstić information content (AvgIpc) is 2.64. The Kier molecular flexibility index (Phi) is 5.50. The smallest absolute Gasteiger partial charge is 0.334 e. The second-order valence-electron chi connectivity index (χ2n) is 5.63. The second-order valence-corrected chi connectivity index (χ2v) is 6.03. The molecule has 12 heteroatoms. The van der Waals surface area contributed by atoms with Gasteiger partial charge in [-0.25, -0.2) is 14.4 Å². The topological polar surface area (TPSA) is 93.0 Å². The van der Waals surface area contributed by atoms with Crippen LogP contribution in [0.4, 0.5) is 46.3 Å². The molecule has 0 amide bonds. The molecule has 2 aromatic carbocycles. The number of nitrogens with one attached hydrogen (secondary N) is 2. The van der Waals surface area contributed by atoms with Crippen LogP contribution in [0.2, 0.25) is 5.02 Å². The lowest BCUT2D eigenvalue weighted by Gasteiger charge is -2.13. The molecular weight excluding hydrogens is 418 g/mol. The van der Waals surface area contributed by atoms with Gasteiger partial charge in [-0.3, -0.25) is 10.1 Å². The summed E-state index contributed by atoms with van der Waals surface area (Å²) in [6, 6.07) is 7.89. The Balaban J connectivity index is 1.98. The second kappa shape index (κ2) is 7.87. The van der Waals surface area contributed by atoms with E-state index in [1.54, 1.807) is 0 Å². The average molecular weight is 428 g/mol. The highest BCUT2D eigenvalue weighted by molar-refractivity contribution is 6.31. The Hall–Kier alpha value is -3.47. The van der Waals surface area contributed by atoms with E-state index in [1.165, 1.54) is 18.2 Å². The van der Waals surface area contributed by atoms with Gasteiger partial charge in [0.2, 0.25) is 11.6 Å². The van der Waals surface area contributed by atoms with Crippen molar-refractivity contribution in [3.05, 3.63) is 75.3 Å². The molecule has 0 spiro atoms. The van der Waals surface area contributed by atoms with Crippen LogP contribution in [-0.2, 0) is 6.18 Å². The van der Waals surface area contributed by atoms with E-state index in [0.717, 1.165) is 24.5 Å². The molecule has 0 saturated heterocycles. The van der Waals surface area contributed by atoms with Gasteiger partial charge in [-0.2, -0.15) is 13.2 Å². The number of hydrogen-bond donors (Lipinski definition) is 2. The Labute approximate surface area is 165 Å². The molecule has 0 bridgehead atoms. The third-order valence-electron chi connectivity index (χ3n) is 3.65. The predicted octanol–water partition coefficient (Wildman–Crippen LogP) is 5.68. The maximum absolute atomic E-state index is 13.0. The molecular formula is C17H10ClF4N5O2. The largest absolute Gasteiger partial charge is 0.417 e. The van der Waals surface area contributed by atoms with E-state index in [-0.39, 0.29) is 17.3 Å². The first-order valence-corrected chi connectivity index (χ1v) is 8.18. The lowest BCUT2D eigenvalue weighted by molar-refractivity contribution is -0.383. The molecule has 0 radical (unpaired) electrons. The third-order valence-corrected chi connectivity index (χ3v) is 3.98. The molecule has 150 valence electrons. The molecule has 1 aromatic heterocycles. The minimum absolute atomic E-state index is 0.115. The van der Waals surface area contributed by atoms with Gasteiger partial charge in [-0.05, 0) is 42.5 Å². The molecule has 29 heavy (non-hydrogen) atoms. The lowest BCUT2D eigenvalue weighted by Crippen LogP contribution is -2.08. The SMILES string of the molecule is O=[N+]([O-])c1c(Nc2ccc(F)cc2)ncnc1Nc1ccc(Cl)c(C(F)(F)F)c1. The van der Waals surface area contributed by atoms with Crippen molar-refractivity contribution in [1.82, 2.24) is 9.97 Å². The molecule has 1 heterocycles. The molecule has 3 aromatic rings. The van der Waals surface area contributed by atoms with E-state index in [0.29, 0.717) is 11.8 Å². The molecule has 0 atom stereocenters. The van der Waals surface area contributed by atoms with Crippen LogP contribution in [0.25, 0.3) is 0 Å². The highest BCUT2D eigenvalue weighted by Crippen LogP contribution is 2.38. The Morgan fingerprint density at radius 3 is 2.07 bits per heavy atom. The molecule has 0 unspecified atom stereocenters. The number of nitro groups is 1. The first-order chi connectivity index (χ1) is 13.6. The zero-order valence-corrected chi connectivity index (χ0v) is 14.9. The van der Waals surface area contributed by atoms with Crippen molar-refractivity contribution in [1.29, 1.82) is 0 Å². The Morgan fingerprint density at radius 2 is 1.52 bits per heavy atom. The van der Waals surface area contributed by atoms with Crippen molar-refractivity contribution in [2.24, 2.45) is 0 Å². The highest BCUT2D eigenvalue weighted by atomic mass is 35.5. The monoisotopic (exact) mass is 427 g/mol. The van der Waals surface area contributed by atoms with Crippen molar-refractivity contribution in [2.45, 2.75) is 6.18 Å². The van der Waals surface area contributed by atoms with Crippen molar-refractivity contribution < 1.29 is 22.5 Å². The Morgan fingerprint density at radius 1 is 0.966 bits per heavy atom. The first kappa shape index (κ1) is 20.3. The molecule has 7 nitrogen and oxygen atoms in total. The van der Waals surface area contributed by atoms with Crippen LogP contribution in [0.1, 0.15) is 5.56 Å². The van der Waals surface area contributed by atoms with Gasteiger partial charge >= 0.3 is 11.9 Å². The summed E-state index contributed by atoms with van der Waals surface area (Å²) in [5, 5.41) is 16.2. The van der Waals surface area contributed by atoms with Gasteiger partial charge in [-0.1, -0.05) is 11.6 Å². The Bertz CT molecular complexity index is 1060. The normalized spacial score (nSPS) is 11.2. The van der Waals surface area contributed by atoms with Crippen LogP contribution < -0.4 is 10.6 Å². The van der Waals surface area contributed by atoms with E-state index in [9.17, 15) is 27.7 Å². The number of alkyl halides is 3. The van der Waals surface area contributed by atoms with Crippen molar-refractivity contribution in [3.8, 4) is 0 Å². The zero-order valence-electron chi connectivity index (χ0n) is 14.2. The maximum atomic E-state index is 13.0. The summed E-state index contributed by atoms with van der Waals surface area (Å²) in [7, 11) is 0. The number of aromatic nitrogens is 2. The molecule has 0 saturated carbocycles. The predicted molar refractivity (Wildman–Crippen MR) is 98.1 cm³/mol. The van der Waals surface area contributed by atoms with Crippen LogP contribution in [-0.4, -0.2) is 14.9 Å². The number of rotatable bonds is 5. The zero-order chi connectivity index (χ0) is 21.2. The van der Waals surface area contributed by atoms with Gasteiger partial charge < -0.3 is 10.6 Å². The standard InChI is InChI=1S/C17H10ClF4N5O2/c18-13-6-5-11(7-12(13)17(20,21)22)26-16-14(27(28)29)15(23-8-24-16)25-10-3-1-9(19)2-4-10/h1-8H,(H2,23,24,25,26). The van der Waals surface area contributed by atoms with Crippen LogP contribution >= 0.6 is 11.6 Å². The van der Waals surface area contributed by atoms with Crippen LogP contribution in [0.15, 0.2) is 48.8 Å². The molecule has 0 aliphatic rings. The van der Waals surface area contributed by atoms with Crippen molar-refractivity contribution >= 4 is 40.3 Å². The number of nitrogens with zero attached hydrogens (tertiary/aromatic N) is 3. The van der Waals surface area contributed by atoms with Gasteiger partial charge in [0.05, 0.1) is 15.5 Å². The minimum atomic E-state index is -4.71. The van der Waals surface area contributed by atoms with Crippen molar-refractivity contribution in [3.63, 3.8) is 0 Å². The fourth-order valence-electron chi connectivity index (χ4n) is 2.36. The van der Waals surface area contributed by atoms with Crippen LogP contribution in [0.5, 0.6) is 0 Å². The number of halogens is 5. The fraction of sp³-hybridized carbons (Fsp3) is 0.0588. The molecule has 3 rings (SSSR count). The van der Waals surface area contributed by atoms with E-state index in [1.807, 2.05) is 0 Å². The summed E-state index contributed by atoms with van der Waals surface area (Å²) < 4.78 is 52.1. The summed E-state index contributed by atoms with van der Waals surface area (Å²) in [5.41, 5.74) is -1.52. The van der Waals surface area contributed by atoms with Crippen molar-refractivity contribution in [2.75, 3.05) is 10.6 Å². The van der Waals surface area contributed by atoms with E-state index >= 15 is 0 Å². The summed E-state index contributed by atoms with van der Waals surface area (Å²) in [5.74, 6) is -1.08. The lowest BCUT2D eigenvalue weighted by atomic mass is 10.2. The molecule has 0 aliphatic heterocycles. The summed E-state index contributed by atoms with van der Waals surface area (Å²) in [4.78, 5) is 18.3. The highest BCUT2D eigenvalue weighted by Gasteiger charge is 2.33. The van der Waals surface area contributed by atoms with Gasteiger partial charge in [0, 0.05) is 11.4 Å². The van der Waals surface area contributed by atoms with E-state index in [4.69, 9.17) is 11.6 Å². The van der Waals surface area contributed by atoms with Crippen LogP contribution in [0, 0.1) is 15.9 Å². The molecule has 0 fully saturated rings. The summed E-state index contributed by atoms with van der Waals surface area (Å²) >= 11 is 5.57. The number of benzene rings is 2. The third kappa shape index (κ3) is 4.69. The number of hydrogen-bond acceptors (Lipinski definition) is 6. The summed E-state index contributed by atoms with van der Waals surface area (Å²) in [6.45, 7) is 0. The van der Waals surface area contributed by atoms with E-state index < -0.39 is 33.2 Å². The number of anilines is 4. The maximum Gasteiger partial charge on any atom is 0.417 e. The quantitative estimate of drug-likeness (QED) is 0.309. The van der Waals surface area contributed by atoms with Gasteiger partial charge in [-0.15, -0.1) is 0 Å².